The van der Waals surface area contributed by atoms with E-state index in [1.54, 1.807) is 0 Å². The molecule has 1 aliphatic heterocycles. The molecule has 0 spiro atoms. The van der Waals surface area contributed by atoms with Gasteiger partial charge in [0.25, 0.3) is 8.56 Å². The van der Waals surface area contributed by atoms with Crippen LogP contribution in [0.5, 0.6) is 0 Å². The highest BCUT2D eigenvalue weighted by Gasteiger charge is 2.46. The van der Waals surface area contributed by atoms with Gasteiger partial charge in [0.15, 0.2) is 0 Å². The number of hydrogen-bond acceptors (Lipinski definition) is 4. The van der Waals surface area contributed by atoms with E-state index in [0.717, 1.165) is 5.92 Å². The van der Waals surface area contributed by atoms with E-state index in [4.69, 9.17) is 4.74 Å². The first-order chi connectivity index (χ1) is 8.87. The predicted octanol–water partition coefficient (Wildman–Crippen LogP) is 1.57. The minimum Gasteiger partial charge on any atom is -0.370 e. The highest BCUT2D eigenvalue weighted by atomic mass is 28.4. The minimum atomic E-state index is -1.66. The van der Waals surface area contributed by atoms with Crippen LogP contribution in [0.15, 0.2) is 0 Å². The second-order valence-corrected chi connectivity index (χ2v) is 11.6. The number of nitrogens with zero attached hydrogens (tertiary/aromatic N) is 3. The molecule has 0 aromatic carbocycles. The first-order valence-electron chi connectivity index (χ1n) is 7.55. The van der Waals surface area contributed by atoms with Crippen LogP contribution in [0, 0.1) is 5.92 Å². The maximum absolute atomic E-state index is 5.66. The Hall–Kier alpha value is 0.0569. The fraction of sp³-hybridized carbons (Fsp3) is 1.00. The molecular weight excluding hydrogens is 254 g/mol. The molecule has 5 heteroatoms. The van der Waals surface area contributed by atoms with Gasteiger partial charge in [0.1, 0.15) is 0 Å². The van der Waals surface area contributed by atoms with Gasteiger partial charge in [-0.25, -0.2) is 0 Å². The smallest absolute Gasteiger partial charge is 0.288 e. The van der Waals surface area contributed by atoms with E-state index in [2.05, 4.69) is 56.0 Å². The van der Waals surface area contributed by atoms with Crippen LogP contribution in [0.25, 0.3) is 0 Å². The van der Waals surface area contributed by atoms with Gasteiger partial charge < -0.3 is 18.4 Å². The lowest BCUT2D eigenvalue weighted by atomic mass is 9.88. The first kappa shape index (κ1) is 15.4. The summed E-state index contributed by atoms with van der Waals surface area (Å²) in [6.45, 7) is 0. The van der Waals surface area contributed by atoms with Crippen molar-refractivity contribution >= 4 is 8.56 Å². The second kappa shape index (κ2) is 5.82. The van der Waals surface area contributed by atoms with Gasteiger partial charge in [0.05, 0.1) is 12.2 Å². The second-order valence-electron chi connectivity index (χ2n) is 6.89. The molecule has 4 nitrogen and oxygen atoms in total. The number of hydrogen-bond donors (Lipinski definition) is 0. The van der Waals surface area contributed by atoms with Gasteiger partial charge in [-0.15, -0.1) is 0 Å². The summed E-state index contributed by atoms with van der Waals surface area (Å²) in [6, 6.07) is 1.32. The Morgan fingerprint density at radius 1 is 0.895 bits per heavy atom. The molecule has 3 unspecified atom stereocenters. The molecule has 1 saturated carbocycles. The number of epoxide rings is 1. The highest BCUT2D eigenvalue weighted by molar-refractivity contribution is 6.71. The van der Waals surface area contributed by atoms with Crippen LogP contribution in [0.1, 0.15) is 25.7 Å². The van der Waals surface area contributed by atoms with Crippen molar-refractivity contribution in [2.45, 2.75) is 43.9 Å². The largest absolute Gasteiger partial charge is 0.370 e. The van der Waals surface area contributed by atoms with Crippen LogP contribution in [-0.2, 0) is 4.74 Å². The Bertz CT molecular complexity index is 287. The third-order valence-corrected chi connectivity index (χ3v) is 10.4. The molecule has 1 aliphatic carbocycles. The lowest BCUT2D eigenvalue weighted by Crippen LogP contribution is -2.69. The molecule has 0 N–H and O–H groups in total. The van der Waals surface area contributed by atoms with Crippen molar-refractivity contribution in [2.75, 3.05) is 42.3 Å². The summed E-state index contributed by atoms with van der Waals surface area (Å²) in [6.07, 6.45) is 6.59. The lowest BCUT2D eigenvalue weighted by molar-refractivity contribution is 0.335. The molecule has 0 aromatic heterocycles. The molecule has 1 heterocycles. The van der Waals surface area contributed by atoms with Crippen LogP contribution in [0.2, 0.25) is 6.04 Å². The molecule has 1 saturated heterocycles. The maximum Gasteiger partial charge on any atom is 0.288 e. The molecular formula is C14H31N3OSi. The third kappa shape index (κ3) is 3.05. The average molecular weight is 286 g/mol. The highest BCUT2D eigenvalue weighted by Crippen LogP contribution is 2.41. The van der Waals surface area contributed by atoms with Crippen molar-refractivity contribution in [1.29, 1.82) is 0 Å². The lowest BCUT2D eigenvalue weighted by Gasteiger charge is -2.47. The van der Waals surface area contributed by atoms with Gasteiger partial charge in [0.2, 0.25) is 0 Å². The van der Waals surface area contributed by atoms with E-state index >= 15 is 0 Å². The SMILES string of the molecule is CN(C)[Si](CCC1CCC2OC2C1)(N(C)C)N(C)C. The maximum atomic E-state index is 5.66. The van der Waals surface area contributed by atoms with E-state index in [1.165, 1.54) is 31.7 Å². The van der Waals surface area contributed by atoms with Gasteiger partial charge >= 0.3 is 0 Å². The Kier molecular flexibility index (Phi) is 4.73. The molecule has 19 heavy (non-hydrogen) atoms. The van der Waals surface area contributed by atoms with Crippen molar-refractivity contribution in [3.8, 4) is 0 Å². The summed E-state index contributed by atoms with van der Waals surface area (Å²) < 4.78 is 13.1. The molecule has 2 fully saturated rings. The van der Waals surface area contributed by atoms with Gasteiger partial charge in [-0.2, -0.15) is 0 Å². The zero-order chi connectivity index (χ0) is 14.2. The zero-order valence-corrected chi connectivity index (χ0v) is 14.5. The normalized spacial score (nSPS) is 31.1. The van der Waals surface area contributed by atoms with E-state index in [9.17, 15) is 0 Å². The van der Waals surface area contributed by atoms with Crippen molar-refractivity contribution in [1.82, 2.24) is 13.7 Å². The Balaban J connectivity index is 1.95. The molecule has 2 aliphatic rings. The van der Waals surface area contributed by atoms with Crippen molar-refractivity contribution < 1.29 is 4.74 Å². The third-order valence-electron chi connectivity index (χ3n) is 5.15. The Labute approximate surface area is 119 Å². The van der Waals surface area contributed by atoms with Crippen molar-refractivity contribution in [3.63, 3.8) is 0 Å². The van der Waals surface area contributed by atoms with Gasteiger partial charge in [-0.1, -0.05) is 0 Å². The van der Waals surface area contributed by atoms with Crippen LogP contribution >= 0.6 is 0 Å². The molecule has 0 aromatic rings. The standard InChI is InChI=1S/C14H31N3OSi/c1-15(2)19(16(3)4,17(5)6)10-9-12-7-8-13-14(11-12)18-13/h12-14H,7-11H2,1-6H3. The van der Waals surface area contributed by atoms with Crippen LogP contribution in [-0.4, -0.2) is 76.7 Å². The summed E-state index contributed by atoms with van der Waals surface area (Å²) in [4.78, 5) is 0. The van der Waals surface area contributed by atoms with E-state index in [0.29, 0.717) is 12.2 Å². The fourth-order valence-electron chi connectivity index (χ4n) is 4.02. The van der Waals surface area contributed by atoms with E-state index in [1.807, 2.05) is 0 Å². The van der Waals surface area contributed by atoms with Gasteiger partial charge in [0, 0.05) is 0 Å². The van der Waals surface area contributed by atoms with Gasteiger partial charge in [-0.05, 0) is 79.9 Å². The number of rotatable bonds is 6. The van der Waals surface area contributed by atoms with Crippen molar-refractivity contribution in [2.24, 2.45) is 5.92 Å². The zero-order valence-electron chi connectivity index (χ0n) is 13.5. The monoisotopic (exact) mass is 285 g/mol. The molecule has 2 rings (SSSR count). The topological polar surface area (TPSA) is 22.2 Å². The Morgan fingerprint density at radius 3 is 1.95 bits per heavy atom. The number of fused-ring (bicyclic) bond motifs is 1. The summed E-state index contributed by atoms with van der Waals surface area (Å²) in [5, 5.41) is 0. The molecule has 0 bridgehead atoms. The molecule has 0 radical (unpaired) electrons. The van der Waals surface area contributed by atoms with Crippen LogP contribution in [0.4, 0.5) is 0 Å². The van der Waals surface area contributed by atoms with E-state index < -0.39 is 8.56 Å². The van der Waals surface area contributed by atoms with Crippen LogP contribution in [0.3, 0.4) is 0 Å². The predicted molar refractivity (Wildman–Crippen MR) is 82.2 cm³/mol. The Morgan fingerprint density at radius 2 is 1.47 bits per heavy atom. The summed E-state index contributed by atoms with van der Waals surface area (Å²) in [5.41, 5.74) is 0. The summed E-state index contributed by atoms with van der Waals surface area (Å²) in [7, 11) is 11.8. The minimum absolute atomic E-state index is 0.618. The first-order valence-corrected chi connectivity index (χ1v) is 9.60. The van der Waals surface area contributed by atoms with E-state index in [-0.39, 0.29) is 0 Å². The molecule has 0 amide bonds. The molecule has 3 atom stereocenters. The van der Waals surface area contributed by atoms with Crippen LogP contribution < -0.4 is 0 Å². The van der Waals surface area contributed by atoms with Gasteiger partial charge in [-0.3, -0.25) is 0 Å². The average Bonchev–Trinajstić information content (AvgIpc) is 3.06. The summed E-state index contributed by atoms with van der Waals surface area (Å²) >= 11 is 0. The molecule has 112 valence electrons. The number of ether oxygens (including phenoxy) is 1. The quantitative estimate of drug-likeness (QED) is 0.546. The van der Waals surface area contributed by atoms with Crippen molar-refractivity contribution in [3.05, 3.63) is 0 Å². The summed E-state index contributed by atoms with van der Waals surface area (Å²) in [5.74, 6) is 0.885. The fourth-order valence-corrected chi connectivity index (χ4v) is 8.55.